The summed E-state index contributed by atoms with van der Waals surface area (Å²) in [6.07, 6.45) is 4.67. The maximum absolute atomic E-state index is 13.2. The lowest BCUT2D eigenvalue weighted by molar-refractivity contribution is 0.0954. The molecule has 3 aromatic rings. The molecule has 1 aliphatic rings. The standard InChI is InChI=1S/C20H18ClN5O2/c1-12-7-14(9-22-8-12)19(27)24-17-10-23-26-13(2)11-25(20(28)18(17)26)16-5-3-15(21)4-6-16/h3-10,13H,11H2,1-2H3,(H,24,27)/t13-/m0/s1. The van der Waals surface area contributed by atoms with E-state index in [1.165, 1.54) is 12.4 Å². The van der Waals surface area contributed by atoms with Crippen LogP contribution in [0.5, 0.6) is 0 Å². The summed E-state index contributed by atoms with van der Waals surface area (Å²) in [5.41, 5.74) is 2.77. The fourth-order valence-corrected chi connectivity index (χ4v) is 3.40. The summed E-state index contributed by atoms with van der Waals surface area (Å²) in [5, 5.41) is 7.71. The van der Waals surface area contributed by atoms with Crippen molar-refractivity contribution in [3.63, 3.8) is 0 Å². The van der Waals surface area contributed by atoms with Crippen molar-refractivity contribution in [3.8, 4) is 0 Å². The highest BCUT2D eigenvalue weighted by atomic mass is 35.5. The minimum absolute atomic E-state index is 0.0466. The van der Waals surface area contributed by atoms with E-state index >= 15 is 0 Å². The third kappa shape index (κ3) is 3.25. The summed E-state index contributed by atoms with van der Waals surface area (Å²) in [6, 6.07) is 8.78. The molecular weight excluding hydrogens is 378 g/mol. The minimum Gasteiger partial charge on any atom is -0.319 e. The third-order valence-electron chi connectivity index (χ3n) is 4.63. The van der Waals surface area contributed by atoms with Gasteiger partial charge in [0.1, 0.15) is 0 Å². The predicted octanol–water partition coefficient (Wildman–Crippen LogP) is 3.71. The fraction of sp³-hybridized carbons (Fsp3) is 0.200. The van der Waals surface area contributed by atoms with E-state index in [0.29, 0.717) is 28.5 Å². The number of rotatable bonds is 3. The second kappa shape index (κ2) is 7.09. The molecule has 8 heteroatoms. The number of aromatic nitrogens is 3. The zero-order valence-corrected chi connectivity index (χ0v) is 16.1. The monoisotopic (exact) mass is 395 g/mol. The number of hydrogen-bond acceptors (Lipinski definition) is 4. The molecule has 1 aliphatic heterocycles. The largest absolute Gasteiger partial charge is 0.319 e. The average molecular weight is 396 g/mol. The van der Waals surface area contributed by atoms with Crippen LogP contribution in [0.1, 0.15) is 39.4 Å². The Balaban J connectivity index is 1.66. The van der Waals surface area contributed by atoms with Crippen molar-refractivity contribution in [3.05, 3.63) is 70.8 Å². The number of carbonyl (C=O) groups is 2. The zero-order chi connectivity index (χ0) is 19.8. The van der Waals surface area contributed by atoms with Crippen LogP contribution >= 0.6 is 11.6 Å². The van der Waals surface area contributed by atoms with E-state index in [0.717, 1.165) is 11.3 Å². The molecule has 0 fully saturated rings. The Morgan fingerprint density at radius 2 is 1.96 bits per heavy atom. The van der Waals surface area contributed by atoms with Crippen LogP contribution in [0.2, 0.25) is 5.02 Å². The van der Waals surface area contributed by atoms with Gasteiger partial charge in [-0.2, -0.15) is 5.10 Å². The zero-order valence-electron chi connectivity index (χ0n) is 15.4. The third-order valence-corrected chi connectivity index (χ3v) is 4.88. The Labute approximate surface area is 166 Å². The van der Waals surface area contributed by atoms with Crippen LogP contribution in [0.4, 0.5) is 11.4 Å². The maximum Gasteiger partial charge on any atom is 0.278 e. The molecule has 0 aliphatic carbocycles. The second-order valence-corrected chi connectivity index (χ2v) is 7.23. The number of pyridine rings is 1. The first-order chi connectivity index (χ1) is 13.4. The van der Waals surface area contributed by atoms with Crippen LogP contribution in [0.15, 0.2) is 48.9 Å². The number of fused-ring (bicyclic) bond motifs is 1. The minimum atomic E-state index is -0.337. The Kier molecular flexibility index (Phi) is 4.60. The van der Waals surface area contributed by atoms with E-state index in [4.69, 9.17) is 11.6 Å². The molecule has 4 rings (SSSR count). The smallest absolute Gasteiger partial charge is 0.278 e. The van der Waals surface area contributed by atoms with Crippen LogP contribution in [0, 0.1) is 6.92 Å². The molecule has 0 saturated heterocycles. The SMILES string of the molecule is Cc1cncc(C(=O)Nc2cnn3c2C(=O)N(c2ccc(Cl)cc2)C[C@@H]3C)c1. The highest BCUT2D eigenvalue weighted by Crippen LogP contribution is 2.30. The van der Waals surface area contributed by atoms with E-state index in [-0.39, 0.29) is 17.9 Å². The highest BCUT2D eigenvalue weighted by molar-refractivity contribution is 6.30. The van der Waals surface area contributed by atoms with Gasteiger partial charge in [0.25, 0.3) is 11.8 Å². The maximum atomic E-state index is 13.2. The lowest BCUT2D eigenvalue weighted by Gasteiger charge is -2.32. The molecule has 7 nitrogen and oxygen atoms in total. The van der Waals surface area contributed by atoms with Crippen molar-refractivity contribution in [1.82, 2.24) is 14.8 Å². The van der Waals surface area contributed by atoms with Gasteiger partial charge in [-0.15, -0.1) is 0 Å². The summed E-state index contributed by atoms with van der Waals surface area (Å²) in [5.74, 6) is -0.563. The van der Waals surface area contributed by atoms with Gasteiger partial charge in [-0.05, 0) is 49.7 Å². The van der Waals surface area contributed by atoms with Gasteiger partial charge in [0.05, 0.1) is 23.5 Å². The lowest BCUT2D eigenvalue weighted by Crippen LogP contribution is -2.43. The van der Waals surface area contributed by atoms with Crippen molar-refractivity contribution < 1.29 is 9.59 Å². The molecule has 2 aromatic heterocycles. The highest BCUT2D eigenvalue weighted by Gasteiger charge is 2.34. The summed E-state index contributed by atoms with van der Waals surface area (Å²) in [6.45, 7) is 4.31. The molecule has 0 unspecified atom stereocenters. The molecule has 1 aromatic carbocycles. The number of halogens is 1. The average Bonchev–Trinajstić information content (AvgIpc) is 3.10. The van der Waals surface area contributed by atoms with Gasteiger partial charge in [0.2, 0.25) is 0 Å². The molecule has 1 atom stereocenters. The van der Waals surface area contributed by atoms with Crippen molar-refractivity contribution in [1.29, 1.82) is 0 Å². The van der Waals surface area contributed by atoms with Crippen molar-refractivity contribution >= 4 is 34.8 Å². The Morgan fingerprint density at radius 3 is 2.68 bits per heavy atom. The van der Waals surface area contributed by atoms with E-state index in [1.807, 2.05) is 13.8 Å². The number of amides is 2. The number of anilines is 2. The molecule has 0 spiro atoms. The fourth-order valence-electron chi connectivity index (χ4n) is 3.27. The first-order valence-electron chi connectivity index (χ1n) is 8.82. The first-order valence-corrected chi connectivity index (χ1v) is 9.20. The Hall–Kier alpha value is -3.19. The van der Waals surface area contributed by atoms with Gasteiger partial charge in [0.15, 0.2) is 5.69 Å². The molecule has 3 heterocycles. The molecule has 2 amide bonds. The number of aryl methyl sites for hydroxylation is 1. The number of hydrogen-bond donors (Lipinski definition) is 1. The summed E-state index contributed by atoms with van der Waals surface area (Å²) in [4.78, 5) is 31.5. The lowest BCUT2D eigenvalue weighted by atomic mass is 10.1. The number of nitrogens with zero attached hydrogens (tertiary/aromatic N) is 4. The predicted molar refractivity (Wildman–Crippen MR) is 107 cm³/mol. The number of carbonyl (C=O) groups excluding carboxylic acids is 2. The van der Waals surface area contributed by atoms with Crippen molar-refractivity contribution in [2.24, 2.45) is 0 Å². The molecule has 1 N–H and O–H groups in total. The van der Waals surface area contributed by atoms with Gasteiger partial charge in [-0.1, -0.05) is 11.6 Å². The molecular formula is C20H18ClN5O2. The summed E-state index contributed by atoms with van der Waals surface area (Å²) < 4.78 is 1.65. The van der Waals surface area contributed by atoms with Gasteiger partial charge in [-0.3, -0.25) is 19.3 Å². The quantitative estimate of drug-likeness (QED) is 0.733. The van der Waals surface area contributed by atoms with Crippen LogP contribution in [-0.4, -0.2) is 33.1 Å². The normalized spacial score (nSPS) is 16.0. The van der Waals surface area contributed by atoms with Crippen LogP contribution in [0.3, 0.4) is 0 Å². The van der Waals surface area contributed by atoms with Crippen molar-refractivity contribution in [2.75, 3.05) is 16.8 Å². The van der Waals surface area contributed by atoms with Crippen LogP contribution < -0.4 is 10.2 Å². The van der Waals surface area contributed by atoms with E-state index in [9.17, 15) is 9.59 Å². The summed E-state index contributed by atoms with van der Waals surface area (Å²) in [7, 11) is 0. The van der Waals surface area contributed by atoms with Crippen LogP contribution in [-0.2, 0) is 0 Å². The molecule has 28 heavy (non-hydrogen) atoms. The van der Waals surface area contributed by atoms with Gasteiger partial charge >= 0.3 is 0 Å². The van der Waals surface area contributed by atoms with E-state index in [1.54, 1.807) is 46.1 Å². The van der Waals surface area contributed by atoms with E-state index < -0.39 is 0 Å². The van der Waals surface area contributed by atoms with Gasteiger partial charge < -0.3 is 10.2 Å². The van der Waals surface area contributed by atoms with Gasteiger partial charge in [0, 0.05) is 29.6 Å². The second-order valence-electron chi connectivity index (χ2n) is 6.80. The number of nitrogens with one attached hydrogen (secondary N) is 1. The molecule has 142 valence electrons. The Bertz CT molecular complexity index is 1060. The molecule has 0 saturated carbocycles. The topological polar surface area (TPSA) is 80.1 Å². The number of benzene rings is 1. The van der Waals surface area contributed by atoms with Crippen LogP contribution in [0.25, 0.3) is 0 Å². The van der Waals surface area contributed by atoms with E-state index in [2.05, 4.69) is 15.4 Å². The Morgan fingerprint density at radius 1 is 1.21 bits per heavy atom. The molecule has 0 bridgehead atoms. The van der Waals surface area contributed by atoms with Crippen molar-refractivity contribution in [2.45, 2.75) is 19.9 Å². The summed E-state index contributed by atoms with van der Waals surface area (Å²) >= 11 is 5.96. The first kappa shape index (κ1) is 18.2. The van der Waals surface area contributed by atoms with Gasteiger partial charge in [-0.25, -0.2) is 0 Å². The molecule has 0 radical (unpaired) electrons.